The van der Waals surface area contributed by atoms with Gasteiger partial charge in [0.05, 0.1) is 30.6 Å². The number of halogens is 1. The minimum absolute atomic E-state index is 0.0236. The molecule has 1 aliphatic rings. The van der Waals surface area contributed by atoms with E-state index in [0.717, 1.165) is 6.20 Å². The van der Waals surface area contributed by atoms with Gasteiger partial charge in [-0.25, -0.2) is 9.37 Å². The number of hydrogen-bond donors (Lipinski definition) is 3. The summed E-state index contributed by atoms with van der Waals surface area (Å²) in [4.78, 5) is 44.9. The van der Waals surface area contributed by atoms with Gasteiger partial charge in [0.2, 0.25) is 5.91 Å². The Hall–Kier alpha value is -3.64. The zero-order valence-electron chi connectivity index (χ0n) is 19.8. The van der Waals surface area contributed by atoms with Gasteiger partial charge >= 0.3 is 0 Å². The molecule has 3 aromatic heterocycles. The van der Waals surface area contributed by atoms with Crippen molar-refractivity contribution in [1.82, 2.24) is 29.4 Å². The first kappa shape index (κ1) is 24.5. The number of aliphatic hydroxyl groups excluding tert-OH is 1. The van der Waals surface area contributed by atoms with Crippen molar-refractivity contribution in [3.63, 3.8) is 0 Å². The van der Waals surface area contributed by atoms with Crippen LogP contribution in [0.4, 0.5) is 10.2 Å². The Morgan fingerprint density at radius 1 is 1.23 bits per heavy atom. The van der Waals surface area contributed by atoms with Crippen molar-refractivity contribution in [3.8, 4) is 0 Å². The summed E-state index contributed by atoms with van der Waals surface area (Å²) in [7, 11) is 0. The normalized spacial score (nSPS) is 13.5. The summed E-state index contributed by atoms with van der Waals surface area (Å²) in [5.74, 6) is -1.23. The fourth-order valence-corrected chi connectivity index (χ4v) is 3.92. The molecule has 11 nitrogen and oxygen atoms in total. The van der Waals surface area contributed by atoms with Gasteiger partial charge in [-0.1, -0.05) is 20.8 Å². The number of pyridine rings is 1. The zero-order chi connectivity index (χ0) is 25.3. The molecule has 0 bridgehead atoms. The van der Waals surface area contributed by atoms with Crippen LogP contribution in [0.1, 0.15) is 42.5 Å². The molecule has 0 radical (unpaired) electrons. The third-order valence-electron chi connectivity index (χ3n) is 5.72. The summed E-state index contributed by atoms with van der Waals surface area (Å²) < 4.78 is 15.9. The van der Waals surface area contributed by atoms with E-state index in [1.54, 1.807) is 6.07 Å². The van der Waals surface area contributed by atoms with Crippen LogP contribution in [0.15, 0.2) is 29.2 Å². The maximum absolute atomic E-state index is 13.3. The van der Waals surface area contributed by atoms with Gasteiger partial charge in [-0.15, -0.1) is 0 Å². The third-order valence-corrected chi connectivity index (χ3v) is 5.72. The van der Waals surface area contributed by atoms with Crippen molar-refractivity contribution in [1.29, 1.82) is 0 Å². The lowest BCUT2D eigenvalue weighted by atomic mass is 9.93. The van der Waals surface area contributed by atoms with Crippen LogP contribution in [0.2, 0.25) is 0 Å². The molecule has 0 atom stereocenters. The van der Waals surface area contributed by atoms with Crippen LogP contribution in [0.3, 0.4) is 0 Å². The number of amides is 2. The molecule has 0 saturated heterocycles. The molecule has 0 fully saturated rings. The van der Waals surface area contributed by atoms with E-state index < -0.39 is 17.3 Å². The molecule has 3 N–H and O–H groups in total. The summed E-state index contributed by atoms with van der Waals surface area (Å²) in [6.07, 6.45) is 0.990. The van der Waals surface area contributed by atoms with Crippen molar-refractivity contribution < 1.29 is 19.1 Å². The van der Waals surface area contributed by atoms with Crippen LogP contribution >= 0.6 is 0 Å². The molecule has 0 aliphatic carbocycles. The molecule has 0 unspecified atom stereocenters. The molecule has 4 rings (SSSR count). The van der Waals surface area contributed by atoms with Gasteiger partial charge in [0.15, 0.2) is 0 Å². The maximum Gasteiger partial charge on any atom is 0.280 e. The monoisotopic (exact) mass is 485 g/mol. The zero-order valence-corrected chi connectivity index (χ0v) is 19.8. The second-order valence-electron chi connectivity index (χ2n) is 9.38. The Bertz CT molecular complexity index is 1320. The smallest absolute Gasteiger partial charge is 0.280 e. The second-order valence-corrected chi connectivity index (χ2v) is 9.38. The van der Waals surface area contributed by atoms with E-state index in [2.05, 4.69) is 20.7 Å². The van der Waals surface area contributed by atoms with Crippen molar-refractivity contribution in [2.45, 2.75) is 39.3 Å². The highest BCUT2D eigenvalue weighted by molar-refractivity contribution is 5.98. The topological polar surface area (TPSA) is 134 Å². The fourth-order valence-electron chi connectivity index (χ4n) is 3.92. The van der Waals surface area contributed by atoms with Gasteiger partial charge in [0.25, 0.3) is 11.5 Å². The number of nitrogens with one attached hydrogen (secondary N) is 2. The van der Waals surface area contributed by atoms with Crippen molar-refractivity contribution in [2.75, 3.05) is 31.6 Å². The molecule has 35 heavy (non-hydrogen) atoms. The van der Waals surface area contributed by atoms with E-state index in [9.17, 15) is 18.8 Å². The quantitative estimate of drug-likeness (QED) is 0.396. The van der Waals surface area contributed by atoms with Crippen molar-refractivity contribution in [2.24, 2.45) is 0 Å². The molecular formula is C23H28FN7O4. The minimum atomic E-state index is -0.531. The van der Waals surface area contributed by atoms with E-state index in [1.807, 2.05) is 20.8 Å². The van der Waals surface area contributed by atoms with Crippen molar-refractivity contribution in [3.05, 3.63) is 57.5 Å². The van der Waals surface area contributed by atoms with E-state index in [1.165, 1.54) is 26.1 Å². The predicted octanol–water partition coefficient (Wildman–Crippen LogP) is 0.504. The van der Waals surface area contributed by atoms with Crippen LogP contribution in [0, 0.1) is 5.82 Å². The number of aliphatic hydroxyl groups is 1. The summed E-state index contributed by atoms with van der Waals surface area (Å²) in [5.41, 5.74) is 0.615. The summed E-state index contributed by atoms with van der Waals surface area (Å²) in [6.45, 7) is 6.82. The maximum atomic E-state index is 13.3. The lowest BCUT2D eigenvalue weighted by molar-refractivity contribution is -0.116. The number of nitrogens with zero attached hydrogens (tertiary/aromatic N) is 5. The Labute approximate surface area is 200 Å². The molecule has 1 aliphatic heterocycles. The van der Waals surface area contributed by atoms with Crippen molar-refractivity contribution >= 4 is 23.3 Å². The number of aromatic nitrogens is 4. The van der Waals surface area contributed by atoms with E-state index >= 15 is 0 Å². The second kappa shape index (κ2) is 9.55. The van der Waals surface area contributed by atoms with Gasteiger partial charge in [-0.2, -0.15) is 9.61 Å². The largest absolute Gasteiger partial charge is 0.395 e. The van der Waals surface area contributed by atoms with Gasteiger partial charge in [0.1, 0.15) is 29.5 Å². The lowest BCUT2D eigenvalue weighted by Gasteiger charge is -2.16. The Balaban J connectivity index is 1.73. The Morgan fingerprint density at radius 2 is 2.00 bits per heavy atom. The molecule has 0 saturated carbocycles. The van der Waals surface area contributed by atoms with Crippen LogP contribution in [-0.2, 0) is 23.3 Å². The minimum Gasteiger partial charge on any atom is -0.395 e. The molecular weight excluding hydrogens is 457 g/mol. The third kappa shape index (κ3) is 4.93. The Morgan fingerprint density at radius 3 is 2.66 bits per heavy atom. The predicted molar refractivity (Wildman–Crippen MR) is 126 cm³/mol. The molecule has 2 amide bonds. The number of fused-ring (bicyclic) bond motifs is 2. The van der Waals surface area contributed by atoms with Gasteiger partial charge in [0, 0.05) is 31.1 Å². The number of rotatable bonds is 8. The molecule has 0 aromatic carbocycles. The average Bonchev–Trinajstić information content (AvgIpc) is 3.39. The summed E-state index contributed by atoms with van der Waals surface area (Å²) >= 11 is 0. The highest BCUT2D eigenvalue weighted by Gasteiger charge is 2.35. The van der Waals surface area contributed by atoms with Crippen LogP contribution < -0.4 is 16.2 Å². The number of hydrogen-bond acceptors (Lipinski definition) is 7. The Kier molecular flexibility index (Phi) is 6.68. The highest BCUT2D eigenvalue weighted by Crippen LogP contribution is 2.26. The van der Waals surface area contributed by atoms with Crippen LogP contribution in [0.5, 0.6) is 0 Å². The summed E-state index contributed by atoms with van der Waals surface area (Å²) in [5, 5.41) is 19.0. The molecule has 4 heterocycles. The van der Waals surface area contributed by atoms with E-state index in [0.29, 0.717) is 31.0 Å². The van der Waals surface area contributed by atoms with E-state index in [-0.39, 0.29) is 48.1 Å². The fraction of sp³-hybridized carbons (Fsp3) is 0.435. The molecule has 186 valence electrons. The first-order chi connectivity index (χ1) is 16.6. The average molecular weight is 486 g/mol. The summed E-state index contributed by atoms with van der Waals surface area (Å²) in [6, 6.07) is 4.22. The molecule has 12 heteroatoms. The van der Waals surface area contributed by atoms with Gasteiger partial charge < -0.3 is 25.2 Å². The standard InChI is InChI=1S/C23H28FN7O4/c1-23(2,3)16-10-19-30(13-18(33)27-17-5-4-14(24)11-26-17)20-15(21(34)31(19)28-16)12-29(22(20)35)8-6-25-7-9-32/h4-5,10-11,25,32H,6-9,12-13H2,1-3H3,(H,26,27,33). The van der Waals surface area contributed by atoms with Gasteiger partial charge in [-0.05, 0) is 12.1 Å². The highest BCUT2D eigenvalue weighted by atomic mass is 19.1. The van der Waals surface area contributed by atoms with Crippen LogP contribution in [0.25, 0.3) is 5.65 Å². The van der Waals surface area contributed by atoms with Gasteiger partial charge in [-0.3, -0.25) is 14.4 Å². The SMILES string of the molecule is CC(C)(C)c1cc2n(CC(=O)Nc3ccc(F)cn3)c3c(c(=O)n2n1)CN(CCNCCO)C3=O. The molecule has 0 spiro atoms. The number of carbonyl (C=O) groups is 2. The first-order valence-electron chi connectivity index (χ1n) is 11.3. The number of carbonyl (C=O) groups excluding carboxylic acids is 2. The first-order valence-corrected chi connectivity index (χ1v) is 11.3. The lowest BCUT2D eigenvalue weighted by Crippen LogP contribution is -2.34. The molecule has 3 aromatic rings. The van der Waals surface area contributed by atoms with E-state index in [4.69, 9.17) is 5.11 Å². The number of anilines is 1. The van der Waals surface area contributed by atoms with Crippen LogP contribution in [-0.4, -0.2) is 67.2 Å².